The second kappa shape index (κ2) is 9.35. The maximum Gasteiger partial charge on any atom is 0.435 e. The SMILES string of the molecule is COc1cc(/C=C2\C(=O)N(c3ccc(C(=O)O)cc3)N=C2C(F)(F)F)ccc1OCC(C)C. The summed E-state index contributed by atoms with van der Waals surface area (Å²) < 4.78 is 51.9. The van der Waals surface area contributed by atoms with Gasteiger partial charge in [-0.05, 0) is 54.0 Å². The molecule has 0 atom stereocenters. The van der Waals surface area contributed by atoms with Crippen molar-refractivity contribution < 1.29 is 37.3 Å². The molecule has 2 aromatic carbocycles. The minimum Gasteiger partial charge on any atom is -0.493 e. The summed E-state index contributed by atoms with van der Waals surface area (Å²) in [7, 11) is 1.40. The van der Waals surface area contributed by atoms with E-state index >= 15 is 0 Å². The fourth-order valence-corrected chi connectivity index (χ4v) is 2.99. The van der Waals surface area contributed by atoms with Crippen LogP contribution in [0.1, 0.15) is 29.8 Å². The Morgan fingerprint density at radius 3 is 2.36 bits per heavy atom. The molecule has 1 aliphatic heterocycles. The van der Waals surface area contributed by atoms with E-state index in [0.29, 0.717) is 23.1 Å². The molecule has 1 amide bonds. The van der Waals surface area contributed by atoms with E-state index in [2.05, 4.69) is 5.10 Å². The normalized spacial score (nSPS) is 15.2. The van der Waals surface area contributed by atoms with Crippen LogP contribution in [0.15, 0.2) is 53.1 Å². The molecular weight excluding hydrogens is 441 g/mol. The zero-order valence-corrected chi connectivity index (χ0v) is 18.0. The molecule has 0 saturated heterocycles. The number of anilines is 1. The monoisotopic (exact) mass is 462 g/mol. The highest BCUT2D eigenvalue weighted by atomic mass is 19.4. The van der Waals surface area contributed by atoms with Gasteiger partial charge in [-0.3, -0.25) is 4.79 Å². The minimum absolute atomic E-state index is 0.00478. The van der Waals surface area contributed by atoms with E-state index in [4.69, 9.17) is 14.6 Å². The molecule has 1 N–H and O–H groups in total. The van der Waals surface area contributed by atoms with Crippen LogP contribution in [0.25, 0.3) is 6.08 Å². The van der Waals surface area contributed by atoms with Gasteiger partial charge >= 0.3 is 12.1 Å². The number of alkyl halides is 3. The van der Waals surface area contributed by atoms with Gasteiger partial charge in [-0.25, -0.2) is 4.79 Å². The Hall–Kier alpha value is -3.82. The molecule has 1 aliphatic rings. The Kier molecular flexibility index (Phi) is 6.75. The first-order chi connectivity index (χ1) is 15.5. The number of carbonyl (C=O) groups is 2. The lowest BCUT2D eigenvalue weighted by Gasteiger charge is -2.13. The van der Waals surface area contributed by atoms with E-state index in [9.17, 15) is 22.8 Å². The zero-order chi connectivity index (χ0) is 24.3. The van der Waals surface area contributed by atoms with E-state index in [0.717, 1.165) is 6.08 Å². The molecule has 0 radical (unpaired) electrons. The average Bonchev–Trinajstić information content (AvgIpc) is 3.09. The van der Waals surface area contributed by atoms with Gasteiger partial charge in [0.05, 0.1) is 30.5 Å². The molecular formula is C23H21F3N2O5. The van der Waals surface area contributed by atoms with E-state index in [-0.39, 0.29) is 22.7 Å². The number of aromatic carboxylic acids is 1. The van der Waals surface area contributed by atoms with Gasteiger partial charge < -0.3 is 14.6 Å². The summed E-state index contributed by atoms with van der Waals surface area (Å²) in [4.78, 5) is 23.9. The van der Waals surface area contributed by atoms with Crippen LogP contribution < -0.4 is 14.5 Å². The van der Waals surface area contributed by atoms with Gasteiger partial charge in [-0.15, -0.1) is 0 Å². The Morgan fingerprint density at radius 2 is 1.82 bits per heavy atom. The number of methoxy groups -OCH3 is 1. The lowest BCUT2D eigenvalue weighted by molar-refractivity contribution is -0.114. The number of carbonyl (C=O) groups excluding carboxylic acids is 1. The molecule has 1 heterocycles. The predicted molar refractivity (Wildman–Crippen MR) is 116 cm³/mol. The van der Waals surface area contributed by atoms with Gasteiger partial charge in [0.2, 0.25) is 0 Å². The van der Waals surface area contributed by atoms with Crippen molar-refractivity contribution >= 4 is 29.4 Å². The van der Waals surface area contributed by atoms with Crippen molar-refractivity contribution in [3.8, 4) is 11.5 Å². The van der Waals surface area contributed by atoms with Crippen LogP contribution in [0.4, 0.5) is 18.9 Å². The summed E-state index contributed by atoms with van der Waals surface area (Å²) in [6.45, 7) is 4.36. The van der Waals surface area contributed by atoms with Crippen LogP contribution in [0.2, 0.25) is 0 Å². The first-order valence-corrected chi connectivity index (χ1v) is 9.87. The Labute approximate surface area is 187 Å². The summed E-state index contributed by atoms with van der Waals surface area (Å²) in [5.74, 6) is -1.21. The number of halogens is 3. The lowest BCUT2D eigenvalue weighted by Crippen LogP contribution is -2.25. The van der Waals surface area contributed by atoms with Gasteiger partial charge in [-0.2, -0.15) is 23.3 Å². The molecule has 0 aromatic heterocycles. The van der Waals surface area contributed by atoms with Crippen LogP contribution >= 0.6 is 0 Å². The molecule has 10 heteroatoms. The van der Waals surface area contributed by atoms with Crippen LogP contribution in [0, 0.1) is 5.92 Å². The summed E-state index contributed by atoms with van der Waals surface area (Å²) in [6, 6.07) is 9.31. The zero-order valence-electron chi connectivity index (χ0n) is 18.0. The van der Waals surface area contributed by atoms with Crippen molar-refractivity contribution in [3.63, 3.8) is 0 Å². The number of carboxylic acid groups (broad SMARTS) is 1. The van der Waals surface area contributed by atoms with Crippen molar-refractivity contribution in [3.05, 3.63) is 59.2 Å². The first kappa shape index (κ1) is 23.8. The third-order valence-corrected chi connectivity index (χ3v) is 4.58. The highest BCUT2D eigenvalue weighted by Crippen LogP contribution is 2.34. The first-order valence-electron chi connectivity index (χ1n) is 9.87. The Bertz CT molecular complexity index is 1120. The maximum absolute atomic E-state index is 13.7. The molecule has 3 rings (SSSR count). The van der Waals surface area contributed by atoms with Gasteiger partial charge in [0, 0.05) is 0 Å². The number of ether oxygens (including phenoxy) is 2. The van der Waals surface area contributed by atoms with Gasteiger partial charge in [0.25, 0.3) is 5.91 Å². The molecule has 0 bridgehead atoms. The molecule has 0 fully saturated rings. The van der Waals surface area contributed by atoms with Gasteiger partial charge in [-0.1, -0.05) is 19.9 Å². The van der Waals surface area contributed by atoms with Gasteiger partial charge in [0.15, 0.2) is 17.2 Å². The quantitative estimate of drug-likeness (QED) is 0.599. The maximum atomic E-state index is 13.7. The van der Waals surface area contributed by atoms with Crippen molar-refractivity contribution in [2.24, 2.45) is 11.0 Å². The Balaban J connectivity index is 1.98. The van der Waals surface area contributed by atoms with Crippen molar-refractivity contribution in [2.75, 3.05) is 18.7 Å². The third-order valence-electron chi connectivity index (χ3n) is 4.58. The summed E-state index contributed by atoms with van der Waals surface area (Å²) >= 11 is 0. The average molecular weight is 462 g/mol. The fourth-order valence-electron chi connectivity index (χ4n) is 2.99. The van der Waals surface area contributed by atoms with Crippen molar-refractivity contribution in [1.29, 1.82) is 0 Å². The van der Waals surface area contributed by atoms with E-state index in [1.165, 1.54) is 43.5 Å². The largest absolute Gasteiger partial charge is 0.493 e. The standard InChI is InChI=1S/C23H21F3N2O5/c1-13(2)12-33-18-9-4-14(11-19(18)32-3)10-17-20(23(24,25)26)27-28(21(17)29)16-7-5-15(6-8-16)22(30)31/h4-11,13H,12H2,1-3H3,(H,30,31)/b17-10-. The number of hydrogen-bond acceptors (Lipinski definition) is 5. The number of amides is 1. The summed E-state index contributed by atoms with van der Waals surface area (Å²) in [6.07, 6.45) is -3.81. The Morgan fingerprint density at radius 1 is 1.15 bits per heavy atom. The number of benzene rings is 2. The van der Waals surface area contributed by atoms with Crippen LogP contribution in [-0.2, 0) is 4.79 Å². The highest BCUT2D eigenvalue weighted by molar-refractivity contribution is 6.34. The van der Waals surface area contributed by atoms with Crippen molar-refractivity contribution in [1.82, 2.24) is 0 Å². The molecule has 0 spiro atoms. The van der Waals surface area contributed by atoms with Gasteiger partial charge in [0.1, 0.15) is 0 Å². The summed E-state index contributed by atoms with van der Waals surface area (Å²) in [5, 5.41) is 13.1. The number of hydrazone groups is 1. The highest BCUT2D eigenvalue weighted by Gasteiger charge is 2.46. The van der Waals surface area contributed by atoms with E-state index in [1.807, 2.05) is 13.8 Å². The van der Waals surface area contributed by atoms with Crippen LogP contribution in [0.3, 0.4) is 0 Å². The second-order valence-electron chi connectivity index (χ2n) is 7.59. The van der Waals surface area contributed by atoms with E-state index in [1.54, 1.807) is 6.07 Å². The minimum atomic E-state index is -4.89. The number of rotatable bonds is 7. The molecule has 0 saturated carbocycles. The molecule has 7 nitrogen and oxygen atoms in total. The molecule has 174 valence electrons. The molecule has 2 aromatic rings. The molecule has 0 aliphatic carbocycles. The molecule has 0 unspecified atom stereocenters. The topological polar surface area (TPSA) is 88.4 Å². The number of hydrogen-bond donors (Lipinski definition) is 1. The second-order valence-corrected chi connectivity index (χ2v) is 7.59. The van der Waals surface area contributed by atoms with E-state index < -0.39 is 29.3 Å². The van der Waals surface area contributed by atoms with Crippen LogP contribution in [-0.4, -0.2) is 42.6 Å². The van der Waals surface area contributed by atoms with Crippen molar-refractivity contribution in [2.45, 2.75) is 20.0 Å². The summed E-state index contributed by atoms with van der Waals surface area (Å²) in [5.41, 5.74) is -1.79. The third kappa shape index (κ3) is 5.33. The number of carboxylic acids is 1. The number of nitrogens with zero attached hydrogens (tertiary/aromatic N) is 2. The fraction of sp³-hybridized carbons (Fsp3) is 0.261. The predicted octanol–water partition coefficient (Wildman–Crippen LogP) is 4.78. The van der Waals surface area contributed by atoms with Crippen LogP contribution in [0.5, 0.6) is 11.5 Å². The lowest BCUT2D eigenvalue weighted by atomic mass is 10.1. The molecule has 33 heavy (non-hydrogen) atoms. The smallest absolute Gasteiger partial charge is 0.435 e.